The predicted molar refractivity (Wildman–Crippen MR) is 103 cm³/mol. The molecule has 0 radical (unpaired) electrons. The minimum absolute atomic E-state index is 0.0312. The van der Waals surface area contributed by atoms with Gasteiger partial charge < -0.3 is 14.6 Å². The first-order chi connectivity index (χ1) is 12.7. The van der Waals surface area contributed by atoms with Crippen molar-refractivity contribution in [3.05, 3.63) is 53.1 Å². The molecule has 0 bridgehead atoms. The smallest absolute Gasteiger partial charge is 0.328 e. The lowest BCUT2D eigenvalue weighted by Crippen LogP contribution is -2.16. The zero-order valence-corrected chi connectivity index (χ0v) is 16.3. The van der Waals surface area contributed by atoms with Gasteiger partial charge in [0.2, 0.25) is 0 Å². The lowest BCUT2D eigenvalue weighted by atomic mass is 10.1. The van der Waals surface area contributed by atoms with Gasteiger partial charge in [0.15, 0.2) is 11.5 Å². The highest BCUT2D eigenvalue weighted by Crippen LogP contribution is 2.37. The summed E-state index contributed by atoms with van der Waals surface area (Å²) in [6.07, 6.45) is 2.19. The lowest BCUT2D eigenvalue weighted by Gasteiger charge is -2.17. The summed E-state index contributed by atoms with van der Waals surface area (Å²) in [5.41, 5.74) is 2.36. The van der Waals surface area contributed by atoms with Crippen LogP contribution in [0.4, 0.5) is 5.69 Å². The van der Waals surface area contributed by atoms with Crippen LogP contribution in [0.15, 0.2) is 41.3 Å². The second kappa shape index (κ2) is 8.13. The Balaban J connectivity index is 2.63. The van der Waals surface area contributed by atoms with Crippen LogP contribution in [0, 0.1) is 13.8 Å². The van der Waals surface area contributed by atoms with Crippen molar-refractivity contribution in [2.75, 3.05) is 18.9 Å². The molecule has 0 saturated carbocycles. The minimum Gasteiger partial charge on any atom is -0.493 e. The van der Waals surface area contributed by atoms with Crippen LogP contribution in [-0.4, -0.2) is 33.7 Å². The SMILES string of the molecule is COc1cc(/C=C/C(=O)O)cc(S(=O)(=O)Nc2c(C)cccc2C)c1OC. The number of ether oxygens (including phenoxy) is 2. The van der Waals surface area contributed by atoms with E-state index in [4.69, 9.17) is 14.6 Å². The van der Waals surface area contributed by atoms with E-state index in [2.05, 4.69) is 4.72 Å². The average Bonchev–Trinajstić information content (AvgIpc) is 2.62. The Morgan fingerprint density at radius 1 is 1.11 bits per heavy atom. The Hall–Kier alpha value is -3.00. The molecule has 0 unspecified atom stereocenters. The highest BCUT2D eigenvalue weighted by atomic mass is 32.2. The number of hydrogen-bond acceptors (Lipinski definition) is 5. The highest BCUT2D eigenvalue weighted by Gasteiger charge is 2.25. The van der Waals surface area contributed by atoms with E-state index >= 15 is 0 Å². The fraction of sp³-hybridized carbons (Fsp3) is 0.211. The summed E-state index contributed by atoms with van der Waals surface area (Å²) < 4.78 is 39.2. The van der Waals surface area contributed by atoms with Crippen molar-refractivity contribution >= 4 is 27.8 Å². The number of hydrogen-bond donors (Lipinski definition) is 2. The summed E-state index contributed by atoms with van der Waals surface area (Å²) >= 11 is 0. The van der Waals surface area contributed by atoms with Crippen LogP contribution < -0.4 is 14.2 Å². The number of carboxylic acids is 1. The summed E-state index contributed by atoms with van der Waals surface area (Å²) in [6.45, 7) is 3.60. The van der Waals surface area contributed by atoms with Gasteiger partial charge >= 0.3 is 5.97 Å². The van der Waals surface area contributed by atoms with Gasteiger partial charge in [0.25, 0.3) is 10.0 Å². The van der Waals surface area contributed by atoms with Gasteiger partial charge in [-0.2, -0.15) is 0 Å². The molecule has 0 aliphatic rings. The maximum atomic E-state index is 13.1. The average molecular weight is 391 g/mol. The van der Waals surface area contributed by atoms with E-state index < -0.39 is 16.0 Å². The van der Waals surface area contributed by atoms with E-state index in [1.807, 2.05) is 6.07 Å². The highest BCUT2D eigenvalue weighted by molar-refractivity contribution is 7.92. The van der Waals surface area contributed by atoms with Crippen LogP contribution in [0.5, 0.6) is 11.5 Å². The van der Waals surface area contributed by atoms with Crippen molar-refractivity contribution in [1.29, 1.82) is 0 Å². The molecule has 0 spiro atoms. The molecule has 0 aromatic heterocycles. The third-order valence-corrected chi connectivity index (χ3v) is 5.25. The Morgan fingerprint density at radius 2 is 1.74 bits per heavy atom. The molecule has 0 fully saturated rings. The van der Waals surface area contributed by atoms with Gasteiger partial charge in [-0.25, -0.2) is 13.2 Å². The summed E-state index contributed by atoms with van der Waals surface area (Å²) in [4.78, 5) is 10.6. The molecule has 0 aliphatic carbocycles. The fourth-order valence-electron chi connectivity index (χ4n) is 2.58. The largest absolute Gasteiger partial charge is 0.493 e. The molecule has 7 nitrogen and oxygen atoms in total. The molecule has 0 atom stereocenters. The van der Waals surface area contributed by atoms with Gasteiger partial charge in [-0.05, 0) is 48.7 Å². The number of carboxylic acid groups (broad SMARTS) is 1. The quantitative estimate of drug-likeness (QED) is 0.703. The number of rotatable bonds is 7. The molecular formula is C19H21NO6S. The molecule has 2 aromatic carbocycles. The van der Waals surface area contributed by atoms with Gasteiger partial charge in [0.05, 0.1) is 19.9 Å². The molecule has 0 heterocycles. The molecule has 8 heteroatoms. The van der Waals surface area contributed by atoms with Crippen molar-refractivity contribution < 1.29 is 27.8 Å². The van der Waals surface area contributed by atoms with Crippen LogP contribution in [-0.2, 0) is 14.8 Å². The topological polar surface area (TPSA) is 102 Å². The summed E-state index contributed by atoms with van der Waals surface area (Å²) in [7, 11) is -1.32. The first-order valence-electron chi connectivity index (χ1n) is 7.95. The van der Waals surface area contributed by atoms with Gasteiger partial charge in [-0.1, -0.05) is 18.2 Å². The third kappa shape index (κ3) is 4.59. The number of sulfonamides is 1. The number of benzene rings is 2. The van der Waals surface area contributed by atoms with Crippen LogP contribution in [0.1, 0.15) is 16.7 Å². The molecule has 0 aliphatic heterocycles. The first-order valence-corrected chi connectivity index (χ1v) is 9.44. The van der Waals surface area contributed by atoms with Crippen molar-refractivity contribution in [2.45, 2.75) is 18.7 Å². The minimum atomic E-state index is -4.03. The van der Waals surface area contributed by atoms with Gasteiger partial charge in [0.1, 0.15) is 4.90 Å². The normalized spacial score (nSPS) is 11.4. The van der Waals surface area contributed by atoms with Crippen LogP contribution in [0.2, 0.25) is 0 Å². The zero-order valence-electron chi connectivity index (χ0n) is 15.4. The Morgan fingerprint density at radius 3 is 2.26 bits per heavy atom. The standard InChI is InChI=1S/C19H21NO6S/c1-12-6-5-7-13(2)18(12)20-27(23,24)16-11-14(8-9-17(21)22)10-15(25-3)19(16)26-4/h5-11,20H,1-4H3,(H,21,22)/b9-8+. The Bertz CT molecular complexity index is 975. The van der Waals surface area contributed by atoms with Crippen LogP contribution in [0.3, 0.4) is 0 Å². The van der Waals surface area contributed by atoms with Gasteiger partial charge in [-0.15, -0.1) is 0 Å². The van der Waals surface area contributed by atoms with E-state index in [1.54, 1.807) is 26.0 Å². The van der Waals surface area contributed by atoms with Gasteiger partial charge in [-0.3, -0.25) is 4.72 Å². The van der Waals surface area contributed by atoms with Crippen molar-refractivity contribution in [2.24, 2.45) is 0 Å². The zero-order chi connectivity index (χ0) is 20.2. The number of para-hydroxylation sites is 1. The molecule has 2 aromatic rings. The summed E-state index contributed by atoms with van der Waals surface area (Å²) in [6, 6.07) is 8.26. The summed E-state index contributed by atoms with van der Waals surface area (Å²) in [5.74, 6) is -0.946. The first kappa shape index (κ1) is 20.3. The number of anilines is 1. The maximum Gasteiger partial charge on any atom is 0.328 e. The number of aryl methyl sites for hydroxylation is 2. The molecule has 2 N–H and O–H groups in total. The van der Waals surface area contributed by atoms with Crippen LogP contribution in [0.25, 0.3) is 6.08 Å². The predicted octanol–water partition coefficient (Wildman–Crippen LogP) is 3.22. The fourth-order valence-corrected chi connectivity index (χ4v) is 4.00. The second-order valence-electron chi connectivity index (χ2n) is 5.80. The van der Waals surface area contributed by atoms with Crippen molar-refractivity contribution in [3.63, 3.8) is 0 Å². The monoisotopic (exact) mass is 391 g/mol. The van der Waals surface area contributed by atoms with E-state index in [1.165, 1.54) is 32.4 Å². The van der Waals surface area contributed by atoms with E-state index in [0.717, 1.165) is 17.2 Å². The molecule has 0 amide bonds. The molecule has 27 heavy (non-hydrogen) atoms. The third-order valence-electron chi connectivity index (χ3n) is 3.89. The van der Waals surface area contributed by atoms with E-state index in [9.17, 15) is 13.2 Å². The van der Waals surface area contributed by atoms with Crippen molar-refractivity contribution in [1.82, 2.24) is 0 Å². The molecular weight excluding hydrogens is 370 g/mol. The number of nitrogens with one attached hydrogen (secondary N) is 1. The number of aliphatic carboxylic acids is 1. The molecule has 144 valence electrons. The Labute approximate surface area is 158 Å². The molecule has 0 saturated heterocycles. The lowest BCUT2D eigenvalue weighted by molar-refractivity contribution is -0.131. The maximum absolute atomic E-state index is 13.1. The summed E-state index contributed by atoms with van der Waals surface area (Å²) in [5, 5.41) is 8.81. The van der Waals surface area contributed by atoms with E-state index in [0.29, 0.717) is 11.3 Å². The number of carbonyl (C=O) groups is 1. The molecule has 2 rings (SSSR count). The van der Waals surface area contributed by atoms with E-state index in [-0.39, 0.29) is 16.4 Å². The Kier molecular flexibility index (Phi) is 6.12. The van der Waals surface area contributed by atoms with Crippen LogP contribution >= 0.6 is 0 Å². The second-order valence-corrected chi connectivity index (χ2v) is 7.45. The number of methoxy groups -OCH3 is 2. The van der Waals surface area contributed by atoms with Gasteiger partial charge in [0, 0.05) is 6.08 Å². The van der Waals surface area contributed by atoms with Crippen molar-refractivity contribution in [3.8, 4) is 11.5 Å².